The summed E-state index contributed by atoms with van der Waals surface area (Å²) in [6.07, 6.45) is 0. The second kappa shape index (κ2) is 11.0. The van der Waals surface area contributed by atoms with E-state index in [1.54, 1.807) is 16.7 Å². The van der Waals surface area contributed by atoms with Gasteiger partial charge in [0, 0.05) is 71.7 Å². The zero-order valence-electron chi connectivity index (χ0n) is 14.3. The predicted molar refractivity (Wildman–Crippen MR) is 83.4 cm³/mol. The Hall–Kier alpha value is -0.915. The Labute approximate surface area is 182 Å². The van der Waals surface area contributed by atoms with Crippen molar-refractivity contribution in [3.63, 3.8) is 0 Å². The number of rotatable bonds is 9. The Morgan fingerprint density at radius 1 is 0.808 bits per heavy atom. The van der Waals surface area contributed by atoms with Crippen LogP contribution in [0.25, 0.3) is 0 Å². The van der Waals surface area contributed by atoms with Gasteiger partial charge in [0.05, 0.1) is 26.2 Å². The minimum absolute atomic E-state index is 0. The first-order valence-electron chi connectivity index (χ1n) is 7.59. The standard InChI is InChI=1S/C14H23N3O8.Gd/c1-14(17(6-12(22)23)7-13(24)25)8-15(4-10(18)19)2-3-16(9-14)5-11(20)21;/h2-9H2,1H3,(H,18,19)(H,20,21)(H,22,23)(H,24,25);. The molecule has 1 aliphatic heterocycles. The zero-order valence-corrected chi connectivity index (χ0v) is 16.5. The number of carboxylic acids is 4. The summed E-state index contributed by atoms with van der Waals surface area (Å²) in [5.41, 5.74) is -1.04. The van der Waals surface area contributed by atoms with E-state index in [1.807, 2.05) is 0 Å². The summed E-state index contributed by atoms with van der Waals surface area (Å²) in [4.78, 5) is 48.7. The molecule has 26 heavy (non-hydrogen) atoms. The summed E-state index contributed by atoms with van der Waals surface area (Å²) in [5.74, 6) is -4.59. The molecule has 0 radical (unpaired) electrons. The molecule has 0 atom stereocenters. The summed E-state index contributed by atoms with van der Waals surface area (Å²) in [6.45, 7) is 0.691. The van der Waals surface area contributed by atoms with Crippen molar-refractivity contribution in [1.29, 1.82) is 0 Å². The van der Waals surface area contributed by atoms with Gasteiger partial charge in [0.1, 0.15) is 0 Å². The quantitative estimate of drug-likeness (QED) is 0.267. The predicted octanol–water partition coefficient (Wildman–Crippen LogP) is -2.00. The molecule has 0 aromatic rings. The number of carbonyl (C=O) groups is 4. The van der Waals surface area contributed by atoms with E-state index in [2.05, 4.69) is 0 Å². The van der Waals surface area contributed by atoms with Crippen LogP contribution in [-0.4, -0.2) is 117 Å². The molecule has 1 saturated heterocycles. The van der Waals surface area contributed by atoms with E-state index in [9.17, 15) is 19.2 Å². The molecule has 1 rings (SSSR count). The van der Waals surface area contributed by atoms with Gasteiger partial charge in [-0.1, -0.05) is 0 Å². The van der Waals surface area contributed by atoms with E-state index in [-0.39, 0.29) is 79.2 Å². The molecular weight excluding hydrogens is 495 g/mol. The molecule has 1 fully saturated rings. The fraction of sp³-hybridized carbons (Fsp3) is 0.714. The summed E-state index contributed by atoms with van der Waals surface area (Å²) in [5, 5.41) is 36.2. The van der Waals surface area contributed by atoms with Gasteiger partial charge in [-0.3, -0.25) is 33.9 Å². The molecule has 0 aromatic carbocycles. The molecule has 4 N–H and O–H groups in total. The maximum Gasteiger partial charge on any atom is 0.317 e. The third-order valence-electron chi connectivity index (χ3n) is 3.99. The van der Waals surface area contributed by atoms with Gasteiger partial charge in [-0.2, -0.15) is 0 Å². The first kappa shape index (κ1) is 25.1. The molecule has 150 valence electrons. The van der Waals surface area contributed by atoms with Crippen LogP contribution >= 0.6 is 0 Å². The van der Waals surface area contributed by atoms with Crippen molar-refractivity contribution in [3.8, 4) is 0 Å². The minimum Gasteiger partial charge on any atom is -0.480 e. The van der Waals surface area contributed by atoms with E-state index in [0.29, 0.717) is 0 Å². The van der Waals surface area contributed by atoms with E-state index >= 15 is 0 Å². The Kier molecular flexibility index (Phi) is 10.7. The third kappa shape index (κ3) is 8.65. The van der Waals surface area contributed by atoms with Gasteiger partial charge in [0.2, 0.25) is 0 Å². The van der Waals surface area contributed by atoms with Gasteiger partial charge in [-0.05, 0) is 6.92 Å². The molecule has 12 heteroatoms. The van der Waals surface area contributed by atoms with Gasteiger partial charge >= 0.3 is 23.9 Å². The number of aliphatic carboxylic acids is 4. The second-order valence-electron chi connectivity index (χ2n) is 6.35. The van der Waals surface area contributed by atoms with Gasteiger partial charge in [0.15, 0.2) is 0 Å². The minimum atomic E-state index is -1.22. The van der Waals surface area contributed by atoms with Crippen molar-refractivity contribution in [2.24, 2.45) is 0 Å². The normalized spacial score (nSPS) is 17.9. The Balaban J connectivity index is 0.00000625. The summed E-state index contributed by atoms with van der Waals surface area (Å²) >= 11 is 0. The Morgan fingerprint density at radius 3 is 1.42 bits per heavy atom. The summed E-state index contributed by atoms with van der Waals surface area (Å²) in [6, 6.07) is 0. The number of hydrogen-bond acceptors (Lipinski definition) is 7. The van der Waals surface area contributed by atoms with Crippen LogP contribution in [0.5, 0.6) is 0 Å². The molecule has 0 spiro atoms. The number of carboxylic acid groups (broad SMARTS) is 4. The van der Waals surface area contributed by atoms with Crippen molar-refractivity contribution in [1.82, 2.24) is 14.7 Å². The monoisotopic (exact) mass is 519 g/mol. The molecule has 0 saturated carbocycles. The molecule has 0 amide bonds. The molecule has 0 bridgehead atoms. The van der Waals surface area contributed by atoms with Crippen LogP contribution in [0, 0.1) is 39.9 Å². The third-order valence-corrected chi connectivity index (χ3v) is 3.99. The van der Waals surface area contributed by atoms with Crippen molar-refractivity contribution < 1.29 is 79.5 Å². The van der Waals surface area contributed by atoms with Gasteiger partial charge in [0.25, 0.3) is 0 Å². The molecule has 0 aromatic heterocycles. The van der Waals surface area contributed by atoms with Crippen molar-refractivity contribution in [3.05, 3.63) is 0 Å². The fourth-order valence-corrected chi connectivity index (χ4v) is 3.07. The average molecular weight is 519 g/mol. The molecule has 0 unspecified atom stereocenters. The van der Waals surface area contributed by atoms with Crippen LogP contribution in [-0.2, 0) is 19.2 Å². The number of nitrogens with zero attached hydrogens (tertiary/aromatic N) is 3. The zero-order chi connectivity index (χ0) is 19.2. The van der Waals surface area contributed by atoms with E-state index in [0.717, 1.165) is 0 Å². The first-order valence-corrected chi connectivity index (χ1v) is 7.59. The number of hydrogen-bond donors (Lipinski definition) is 4. The van der Waals surface area contributed by atoms with E-state index in [4.69, 9.17) is 20.4 Å². The maximum absolute atomic E-state index is 11.1. The first-order chi connectivity index (χ1) is 11.5. The smallest absolute Gasteiger partial charge is 0.317 e. The summed E-state index contributed by atoms with van der Waals surface area (Å²) in [7, 11) is 0. The topological polar surface area (TPSA) is 159 Å². The maximum atomic E-state index is 11.1. The van der Waals surface area contributed by atoms with Gasteiger partial charge in [-0.25, -0.2) is 0 Å². The fourth-order valence-electron chi connectivity index (χ4n) is 3.07. The SMILES string of the molecule is CC1(N(CC(=O)O)CC(=O)O)CN(CC(=O)O)CCN(CC(=O)O)C1.[Gd]. The molecular formula is C14H23GdN3O8. The van der Waals surface area contributed by atoms with Crippen LogP contribution in [0.1, 0.15) is 6.92 Å². The van der Waals surface area contributed by atoms with E-state index < -0.39 is 42.5 Å². The molecule has 1 aliphatic rings. The van der Waals surface area contributed by atoms with Gasteiger partial charge < -0.3 is 20.4 Å². The van der Waals surface area contributed by atoms with Crippen molar-refractivity contribution in [2.75, 3.05) is 52.4 Å². The molecule has 1 heterocycles. The second-order valence-corrected chi connectivity index (χ2v) is 6.35. The van der Waals surface area contributed by atoms with Crippen LogP contribution in [0.15, 0.2) is 0 Å². The van der Waals surface area contributed by atoms with Crippen molar-refractivity contribution in [2.45, 2.75) is 12.5 Å². The molecule has 0 aliphatic carbocycles. The van der Waals surface area contributed by atoms with Crippen LogP contribution in [0.3, 0.4) is 0 Å². The van der Waals surface area contributed by atoms with Crippen molar-refractivity contribution >= 4 is 23.9 Å². The summed E-state index contributed by atoms with van der Waals surface area (Å²) < 4.78 is 0. The van der Waals surface area contributed by atoms with Gasteiger partial charge in [-0.15, -0.1) is 0 Å². The van der Waals surface area contributed by atoms with E-state index in [1.165, 1.54) is 4.90 Å². The average Bonchev–Trinajstić information content (AvgIpc) is 2.55. The Morgan fingerprint density at radius 2 is 1.15 bits per heavy atom. The van der Waals surface area contributed by atoms with Crippen LogP contribution < -0.4 is 0 Å². The largest absolute Gasteiger partial charge is 0.480 e. The van der Waals surface area contributed by atoms with Crippen LogP contribution in [0.2, 0.25) is 0 Å². The Bertz CT molecular complexity index is 502. The van der Waals surface area contributed by atoms with Crippen LogP contribution in [0.4, 0.5) is 0 Å². The molecule has 11 nitrogen and oxygen atoms in total.